The minimum Gasteiger partial charge on any atom is -0.380 e. The number of aryl methyl sites for hydroxylation is 1. The van der Waals surface area contributed by atoms with E-state index in [0.717, 1.165) is 16.9 Å². The number of nitrogens with zero attached hydrogens (tertiary/aromatic N) is 2. The number of nitrogens with one attached hydrogen (secondary N) is 1. The van der Waals surface area contributed by atoms with Crippen LogP contribution < -0.4 is 11.1 Å². The van der Waals surface area contributed by atoms with Crippen molar-refractivity contribution in [3.63, 3.8) is 0 Å². The number of benzene rings is 1. The van der Waals surface area contributed by atoms with Crippen LogP contribution in [0.2, 0.25) is 0 Å². The first-order valence-electron chi connectivity index (χ1n) is 6.44. The summed E-state index contributed by atoms with van der Waals surface area (Å²) in [4.78, 5) is 4.35. The molecule has 0 saturated carbocycles. The number of ether oxygens (including phenoxy) is 1. The normalized spacial score (nSPS) is 11.0. The number of methoxy groups -OCH3 is 1. The molecule has 0 saturated heterocycles. The van der Waals surface area contributed by atoms with E-state index in [4.69, 9.17) is 10.5 Å². The molecule has 1 aromatic heterocycles. The molecule has 114 valence electrons. The van der Waals surface area contributed by atoms with Gasteiger partial charge < -0.3 is 20.4 Å². The van der Waals surface area contributed by atoms with Crippen molar-refractivity contribution in [3.8, 4) is 0 Å². The third-order valence-electron chi connectivity index (χ3n) is 3.04. The summed E-state index contributed by atoms with van der Waals surface area (Å²) in [5.41, 5.74) is 9.00. The predicted molar refractivity (Wildman–Crippen MR) is 96.9 cm³/mol. The number of anilines is 1. The first-order chi connectivity index (χ1) is 9.70. The topological polar surface area (TPSA) is 64.6 Å². The van der Waals surface area contributed by atoms with Gasteiger partial charge in [0, 0.05) is 37.3 Å². The first-order valence-corrected chi connectivity index (χ1v) is 6.44. The monoisotopic (exact) mass is 400 g/mol. The summed E-state index contributed by atoms with van der Waals surface area (Å²) >= 11 is 0. The number of aromatic nitrogens is 1. The minimum absolute atomic E-state index is 0. The molecule has 2 rings (SSSR count). The molecule has 5 nitrogen and oxygen atoms in total. The second kappa shape index (κ2) is 8.68. The van der Waals surface area contributed by atoms with Gasteiger partial charge in [-0.05, 0) is 18.2 Å². The fourth-order valence-electron chi connectivity index (χ4n) is 1.93. The molecule has 0 spiro atoms. The Balaban J connectivity index is 0.00000220. The van der Waals surface area contributed by atoms with Crippen LogP contribution in [0.15, 0.2) is 47.6 Å². The molecular formula is C15H21IN4O. The van der Waals surface area contributed by atoms with Gasteiger partial charge in [0.2, 0.25) is 0 Å². The number of guanidine groups is 1. The molecule has 0 amide bonds. The van der Waals surface area contributed by atoms with Crippen LogP contribution in [0.3, 0.4) is 0 Å². The van der Waals surface area contributed by atoms with Crippen molar-refractivity contribution in [2.45, 2.75) is 13.2 Å². The Hall–Kier alpha value is -1.54. The lowest BCUT2D eigenvalue weighted by molar-refractivity contribution is 0.185. The van der Waals surface area contributed by atoms with Crippen molar-refractivity contribution in [2.75, 3.05) is 12.4 Å². The van der Waals surface area contributed by atoms with Gasteiger partial charge in [-0.15, -0.1) is 24.0 Å². The Labute approximate surface area is 142 Å². The van der Waals surface area contributed by atoms with Crippen molar-refractivity contribution in [1.82, 2.24) is 4.57 Å². The van der Waals surface area contributed by atoms with Gasteiger partial charge in [-0.3, -0.25) is 0 Å². The van der Waals surface area contributed by atoms with Gasteiger partial charge in [-0.25, -0.2) is 4.99 Å². The van der Waals surface area contributed by atoms with E-state index in [2.05, 4.69) is 10.3 Å². The summed E-state index contributed by atoms with van der Waals surface area (Å²) in [6.07, 6.45) is 1.99. The molecule has 0 aliphatic carbocycles. The van der Waals surface area contributed by atoms with Crippen LogP contribution in [-0.4, -0.2) is 17.6 Å². The zero-order valence-corrected chi connectivity index (χ0v) is 14.6. The fraction of sp³-hybridized carbons (Fsp3) is 0.267. The van der Waals surface area contributed by atoms with Crippen molar-refractivity contribution in [1.29, 1.82) is 0 Å². The molecule has 1 heterocycles. The molecule has 0 unspecified atom stereocenters. The van der Waals surface area contributed by atoms with Crippen molar-refractivity contribution in [2.24, 2.45) is 17.8 Å². The number of hydrogen-bond donors (Lipinski definition) is 2. The lowest BCUT2D eigenvalue weighted by atomic mass is 10.2. The number of para-hydroxylation sites is 1. The first kappa shape index (κ1) is 17.5. The SMILES string of the molecule is COCc1ccccc1NC(N)=NCc1cccn1C.I. The highest BCUT2D eigenvalue weighted by Crippen LogP contribution is 2.15. The number of nitrogens with two attached hydrogens (primary N) is 1. The maximum atomic E-state index is 5.93. The predicted octanol–water partition coefficient (Wildman–Crippen LogP) is 2.72. The van der Waals surface area contributed by atoms with Crippen LogP contribution >= 0.6 is 24.0 Å². The summed E-state index contributed by atoms with van der Waals surface area (Å²) in [5.74, 6) is 0.398. The molecule has 1 aromatic carbocycles. The maximum Gasteiger partial charge on any atom is 0.193 e. The van der Waals surface area contributed by atoms with Gasteiger partial charge in [0.15, 0.2) is 5.96 Å². The average molecular weight is 400 g/mol. The zero-order valence-electron chi connectivity index (χ0n) is 12.2. The summed E-state index contributed by atoms with van der Waals surface area (Å²) in [7, 11) is 3.66. The second-order valence-electron chi connectivity index (χ2n) is 4.53. The molecule has 0 fully saturated rings. The number of halogens is 1. The minimum atomic E-state index is 0. The van der Waals surface area contributed by atoms with Gasteiger partial charge in [0.1, 0.15) is 0 Å². The molecule has 0 radical (unpaired) electrons. The summed E-state index contributed by atoms with van der Waals surface area (Å²) in [6, 6.07) is 11.9. The van der Waals surface area contributed by atoms with E-state index in [1.165, 1.54) is 0 Å². The smallest absolute Gasteiger partial charge is 0.193 e. The number of rotatable bonds is 5. The van der Waals surface area contributed by atoms with Crippen LogP contribution in [0.25, 0.3) is 0 Å². The lowest BCUT2D eigenvalue weighted by Crippen LogP contribution is -2.23. The van der Waals surface area contributed by atoms with E-state index >= 15 is 0 Å². The Kier molecular flexibility index (Phi) is 7.24. The van der Waals surface area contributed by atoms with Crippen LogP contribution in [0, 0.1) is 0 Å². The Bertz CT molecular complexity index is 595. The van der Waals surface area contributed by atoms with Gasteiger partial charge in [-0.1, -0.05) is 18.2 Å². The lowest BCUT2D eigenvalue weighted by Gasteiger charge is -2.10. The highest BCUT2D eigenvalue weighted by atomic mass is 127. The average Bonchev–Trinajstić information content (AvgIpc) is 2.84. The zero-order chi connectivity index (χ0) is 14.4. The molecule has 3 N–H and O–H groups in total. The standard InChI is InChI=1S/C15H20N4O.HI/c1-19-9-5-7-13(19)10-17-15(16)18-14-8-4-3-6-12(14)11-20-2;/h3-9H,10-11H2,1-2H3,(H3,16,17,18);1H. The van der Waals surface area contributed by atoms with Gasteiger partial charge >= 0.3 is 0 Å². The molecule has 2 aromatic rings. The van der Waals surface area contributed by atoms with Crippen LogP contribution in [0.4, 0.5) is 5.69 Å². The van der Waals surface area contributed by atoms with Crippen LogP contribution in [0.1, 0.15) is 11.3 Å². The van der Waals surface area contributed by atoms with Gasteiger partial charge in [0.25, 0.3) is 0 Å². The van der Waals surface area contributed by atoms with E-state index in [1.54, 1.807) is 7.11 Å². The number of hydrogen-bond acceptors (Lipinski definition) is 2. The Morgan fingerprint density at radius 1 is 1.29 bits per heavy atom. The Morgan fingerprint density at radius 3 is 2.71 bits per heavy atom. The largest absolute Gasteiger partial charge is 0.380 e. The van der Waals surface area contributed by atoms with Crippen molar-refractivity contribution < 1.29 is 4.74 Å². The maximum absolute atomic E-state index is 5.93. The quantitative estimate of drug-likeness (QED) is 0.461. The molecule has 6 heteroatoms. The fourth-order valence-corrected chi connectivity index (χ4v) is 1.93. The molecule has 0 atom stereocenters. The molecular weight excluding hydrogens is 379 g/mol. The molecule has 0 bridgehead atoms. The van der Waals surface area contributed by atoms with Crippen molar-refractivity contribution in [3.05, 3.63) is 53.9 Å². The molecule has 21 heavy (non-hydrogen) atoms. The summed E-state index contributed by atoms with van der Waals surface area (Å²) < 4.78 is 7.18. The van der Waals surface area contributed by atoms with E-state index in [0.29, 0.717) is 19.1 Å². The molecule has 0 aliphatic rings. The second-order valence-corrected chi connectivity index (χ2v) is 4.53. The highest BCUT2D eigenvalue weighted by molar-refractivity contribution is 14.0. The van der Waals surface area contributed by atoms with E-state index < -0.39 is 0 Å². The number of aliphatic imine (C=N–C) groups is 1. The molecule has 0 aliphatic heterocycles. The van der Waals surface area contributed by atoms with Crippen molar-refractivity contribution >= 4 is 35.6 Å². The van der Waals surface area contributed by atoms with E-state index in [-0.39, 0.29) is 24.0 Å². The van der Waals surface area contributed by atoms with Crippen LogP contribution in [-0.2, 0) is 24.9 Å². The van der Waals surface area contributed by atoms with Crippen LogP contribution in [0.5, 0.6) is 0 Å². The van der Waals surface area contributed by atoms with Gasteiger partial charge in [-0.2, -0.15) is 0 Å². The van der Waals surface area contributed by atoms with E-state index in [1.807, 2.05) is 54.2 Å². The third-order valence-corrected chi connectivity index (χ3v) is 3.04. The van der Waals surface area contributed by atoms with E-state index in [9.17, 15) is 0 Å². The Morgan fingerprint density at radius 2 is 2.05 bits per heavy atom. The van der Waals surface area contributed by atoms with Gasteiger partial charge in [0.05, 0.1) is 13.2 Å². The summed E-state index contributed by atoms with van der Waals surface area (Å²) in [5, 5.41) is 3.12. The highest BCUT2D eigenvalue weighted by Gasteiger charge is 2.02. The third kappa shape index (κ3) is 5.05. The summed E-state index contributed by atoms with van der Waals surface area (Å²) in [6.45, 7) is 1.09.